The summed E-state index contributed by atoms with van der Waals surface area (Å²) in [6, 6.07) is 8.07. The predicted octanol–water partition coefficient (Wildman–Crippen LogP) is 3.50. The largest absolute Gasteiger partial charge is 0.321 e. The Bertz CT molecular complexity index is 553. The van der Waals surface area contributed by atoms with Crippen LogP contribution in [0.3, 0.4) is 0 Å². The van der Waals surface area contributed by atoms with Gasteiger partial charge in [0.25, 0.3) is 0 Å². The average molecular weight is 255 g/mol. The van der Waals surface area contributed by atoms with Crippen LogP contribution in [0.1, 0.15) is 38.2 Å². The zero-order valence-corrected chi connectivity index (χ0v) is 12.0. The molecule has 0 radical (unpaired) electrons. The summed E-state index contributed by atoms with van der Waals surface area (Å²) >= 11 is 0. The molecule has 2 rings (SSSR count). The van der Waals surface area contributed by atoms with Gasteiger partial charge in [0.15, 0.2) is 0 Å². The summed E-state index contributed by atoms with van der Waals surface area (Å²) in [5.74, 6) is 0.699. The van der Waals surface area contributed by atoms with Crippen molar-refractivity contribution in [2.45, 2.75) is 33.7 Å². The van der Waals surface area contributed by atoms with Gasteiger partial charge in [0.1, 0.15) is 5.82 Å². The van der Waals surface area contributed by atoms with E-state index in [4.69, 9.17) is 5.73 Å². The third kappa shape index (κ3) is 2.99. The van der Waals surface area contributed by atoms with Crippen LogP contribution in [-0.4, -0.2) is 9.97 Å². The fraction of sp³-hybridized carbons (Fsp3) is 0.375. The second-order valence-corrected chi connectivity index (χ2v) is 5.99. The van der Waals surface area contributed by atoms with Gasteiger partial charge in [-0.25, -0.2) is 9.97 Å². The van der Waals surface area contributed by atoms with Crippen LogP contribution in [0.4, 0.5) is 0 Å². The minimum absolute atomic E-state index is 0.0375. The number of rotatable bonds is 2. The molecule has 0 aliphatic heterocycles. The van der Waals surface area contributed by atoms with Gasteiger partial charge in [-0.15, -0.1) is 0 Å². The molecule has 1 heterocycles. The normalized spacial score (nSPS) is 13.3. The molecule has 2 N–H and O–H groups in total. The maximum absolute atomic E-state index is 6.17. The first kappa shape index (κ1) is 13.7. The molecule has 0 aliphatic carbocycles. The molecule has 0 amide bonds. The van der Waals surface area contributed by atoms with E-state index in [1.807, 2.05) is 24.5 Å². The first-order valence-corrected chi connectivity index (χ1v) is 6.53. The molecule has 0 fully saturated rings. The number of nitrogens with zero attached hydrogens (tertiary/aromatic N) is 2. The van der Waals surface area contributed by atoms with Crippen LogP contribution in [-0.2, 0) is 0 Å². The number of aromatic nitrogens is 2. The van der Waals surface area contributed by atoms with E-state index in [0.717, 1.165) is 5.56 Å². The van der Waals surface area contributed by atoms with E-state index in [1.54, 1.807) is 0 Å². The molecule has 2 aromatic rings. The topological polar surface area (TPSA) is 51.8 Å². The monoisotopic (exact) mass is 255 g/mol. The van der Waals surface area contributed by atoms with E-state index in [2.05, 4.69) is 49.8 Å². The zero-order valence-electron chi connectivity index (χ0n) is 12.0. The van der Waals surface area contributed by atoms with Gasteiger partial charge in [0, 0.05) is 18.0 Å². The number of hydrogen-bond acceptors (Lipinski definition) is 3. The van der Waals surface area contributed by atoms with Gasteiger partial charge in [0.05, 0.1) is 6.04 Å². The lowest BCUT2D eigenvalue weighted by atomic mass is 9.87. The van der Waals surface area contributed by atoms with Crippen molar-refractivity contribution >= 4 is 0 Å². The van der Waals surface area contributed by atoms with Crippen LogP contribution < -0.4 is 5.73 Å². The van der Waals surface area contributed by atoms with E-state index in [1.165, 1.54) is 11.1 Å². The van der Waals surface area contributed by atoms with Gasteiger partial charge in [-0.1, -0.05) is 45.0 Å². The fourth-order valence-electron chi connectivity index (χ4n) is 1.92. The summed E-state index contributed by atoms with van der Waals surface area (Å²) in [6.45, 7) is 8.37. The van der Waals surface area contributed by atoms with Gasteiger partial charge in [-0.2, -0.15) is 0 Å². The Balaban J connectivity index is 2.32. The molecule has 1 aromatic carbocycles. The fourth-order valence-corrected chi connectivity index (χ4v) is 1.92. The van der Waals surface area contributed by atoms with Crippen molar-refractivity contribution in [2.24, 2.45) is 11.1 Å². The van der Waals surface area contributed by atoms with E-state index < -0.39 is 0 Å². The Labute approximate surface area is 114 Å². The SMILES string of the molecule is Cc1ccccc1-c1cnc(C(N)C(C)(C)C)nc1. The molecule has 0 saturated heterocycles. The van der Waals surface area contributed by atoms with Gasteiger partial charge < -0.3 is 5.73 Å². The van der Waals surface area contributed by atoms with Crippen molar-refractivity contribution in [1.29, 1.82) is 0 Å². The van der Waals surface area contributed by atoms with Crippen molar-refractivity contribution < 1.29 is 0 Å². The minimum Gasteiger partial charge on any atom is -0.321 e. The summed E-state index contributed by atoms with van der Waals surface area (Å²) in [6.07, 6.45) is 3.71. The van der Waals surface area contributed by atoms with Crippen LogP contribution in [0.2, 0.25) is 0 Å². The highest BCUT2D eigenvalue weighted by Crippen LogP contribution is 2.29. The standard InChI is InChI=1S/C16H21N3/c1-11-7-5-6-8-13(11)12-9-18-15(19-10-12)14(17)16(2,3)4/h5-10,14H,17H2,1-4H3. The maximum atomic E-state index is 6.17. The Morgan fingerprint density at radius 1 is 1.05 bits per heavy atom. The minimum atomic E-state index is -0.154. The van der Waals surface area contributed by atoms with Crippen LogP contribution in [0.15, 0.2) is 36.7 Å². The van der Waals surface area contributed by atoms with E-state index in [9.17, 15) is 0 Å². The average Bonchev–Trinajstić information content (AvgIpc) is 2.38. The molecule has 0 bridgehead atoms. The maximum Gasteiger partial charge on any atom is 0.145 e. The van der Waals surface area contributed by atoms with E-state index in [-0.39, 0.29) is 11.5 Å². The smallest absolute Gasteiger partial charge is 0.145 e. The van der Waals surface area contributed by atoms with Gasteiger partial charge in [-0.05, 0) is 23.5 Å². The Morgan fingerprint density at radius 3 is 2.16 bits per heavy atom. The Kier molecular flexibility index (Phi) is 3.67. The van der Waals surface area contributed by atoms with Gasteiger partial charge in [-0.3, -0.25) is 0 Å². The van der Waals surface area contributed by atoms with Crippen LogP contribution >= 0.6 is 0 Å². The summed E-state index contributed by atoms with van der Waals surface area (Å²) in [7, 11) is 0. The summed E-state index contributed by atoms with van der Waals surface area (Å²) in [4.78, 5) is 8.85. The Morgan fingerprint density at radius 2 is 1.63 bits per heavy atom. The van der Waals surface area contributed by atoms with Crippen LogP contribution in [0, 0.1) is 12.3 Å². The second-order valence-electron chi connectivity index (χ2n) is 5.99. The van der Waals surface area contributed by atoms with Crippen molar-refractivity contribution in [3.05, 3.63) is 48.0 Å². The molecule has 100 valence electrons. The third-order valence-electron chi connectivity index (χ3n) is 3.34. The molecule has 1 atom stereocenters. The van der Waals surface area contributed by atoms with Crippen molar-refractivity contribution in [1.82, 2.24) is 9.97 Å². The molecule has 3 heteroatoms. The molecule has 0 saturated carbocycles. The molecule has 0 spiro atoms. The Hall–Kier alpha value is -1.74. The number of benzene rings is 1. The molecule has 0 aliphatic rings. The molecule has 1 unspecified atom stereocenters. The van der Waals surface area contributed by atoms with Crippen molar-refractivity contribution in [3.63, 3.8) is 0 Å². The first-order chi connectivity index (χ1) is 8.89. The third-order valence-corrected chi connectivity index (χ3v) is 3.34. The van der Waals surface area contributed by atoms with Crippen molar-refractivity contribution in [2.75, 3.05) is 0 Å². The highest BCUT2D eigenvalue weighted by Gasteiger charge is 2.24. The lowest BCUT2D eigenvalue weighted by Crippen LogP contribution is -2.28. The molecular formula is C16H21N3. The highest BCUT2D eigenvalue weighted by molar-refractivity contribution is 5.65. The van der Waals surface area contributed by atoms with Gasteiger partial charge in [0.2, 0.25) is 0 Å². The van der Waals surface area contributed by atoms with Crippen molar-refractivity contribution in [3.8, 4) is 11.1 Å². The number of aryl methyl sites for hydroxylation is 1. The number of nitrogens with two attached hydrogens (primary N) is 1. The molecule has 1 aromatic heterocycles. The number of hydrogen-bond donors (Lipinski definition) is 1. The van der Waals surface area contributed by atoms with Crippen LogP contribution in [0.25, 0.3) is 11.1 Å². The molecular weight excluding hydrogens is 234 g/mol. The lowest BCUT2D eigenvalue weighted by Gasteiger charge is -2.25. The van der Waals surface area contributed by atoms with E-state index >= 15 is 0 Å². The summed E-state index contributed by atoms with van der Waals surface area (Å²) in [5, 5.41) is 0. The first-order valence-electron chi connectivity index (χ1n) is 6.53. The van der Waals surface area contributed by atoms with Crippen LogP contribution in [0.5, 0.6) is 0 Å². The molecule has 3 nitrogen and oxygen atoms in total. The van der Waals surface area contributed by atoms with E-state index in [0.29, 0.717) is 5.82 Å². The lowest BCUT2D eigenvalue weighted by molar-refractivity contribution is 0.315. The predicted molar refractivity (Wildman–Crippen MR) is 78.6 cm³/mol. The zero-order chi connectivity index (χ0) is 14.0. The highest BCUT2D eigenvalue weighted by atomic mass is 14.9. The summed E-state index contributed by atoms with van der Waals surface area (Å²) < 4.78 is 0. The summed E-state index contributed by atoms with van der Waals surface area (Å²) in [5.41, 5.74) is 9.55. The second kappa shape index (κ2) is 5.10. The quantitative estimate of drug-likeness (QED) is 0.893. The molecule has 19 heavy (non-hydrogen) atoms. The van der Waals surface area contributed by atoms with Gasteiger partial charge >= 0.3 is 0 Å².